The van der Waals surface area contributed by atoms with Crippen molar-refractivity contribution in [3.8, 4) is 0 Å². The lowest BCUT2D eigenvalue weighted by Crippen LogP contribution is -2.36. The smallest absolute Gasteiger partial charge is 0.254 e. The van der Waals surface area contributed by atoms with E-state index in [1.165, 1.54) is 0 Å². The number of benzene rings is 1. The molecule has 1 atom stereocenters. The van der Waals surface area contributed by atoms with Gasteiger partial charge in [0.2, 0.25) is 5.91 Å². The van der Waals surface area contributed by atoms with Crippen LogP contribution in [-0.4, -0.2) is 34.3 Å². The molecule has 27 heavy (non-hydrogen) atoms. The number of pyridine rings is 1. The molecule has 2 aromatic rings. The number of carbonyl (C=O) groups excluding carboxylic acids is 2. The first-order valence-corrected chi connectivity index (χ1v) is 9.77. The highest BCUT2D eigenvalue weighted by Gasteiger charge is 2.37. The summed E-state index contributed by atoms with van der Waals surface area (Å²) in [6, 6.07) is 11.8. The Kier molecular flexibility index (Phi) is 4.68. The number of amides is 2. The van der Waals surface area contributed by atoms with Gasteiger partial charge in [0.1, 0.15) is 0 Å². The minimum atomic E-state index is -0.0578. The predicted molar refractivity (Wildman–Crippen MR) is 105 cm³/mol. The van der Waals surface area contributed by atoms with Gasteiger partial charge in [-0.3, -0.25) is 14.6 Å². The Morgan fingerprint density at radius 2 is 2.07 bits per heavy atom. The summed E-state index contributed by atoms with van der Waals surface area (Å²) in [6.07, 6.45) is 5.17. The quantitative estimate of drug-likeness (QED) is 0.813. The van der Waals surface area contributed by atoms with Crippen molar-refractivity contribution < 1.29 is 9.59 Å². The van der Waals surface area contributed by atoms with Gasteiger partial charge >= 0.3 is 0 Å². The lowest BCUT2D eigenvalue weighted by molar-refractivity contribution is -0.118. The van der Waals surface area contributed by atoms with E-state index in [2.05, 4.69) is 4.98 Å². The fourth-order valence-electron chi connectivity index (χ4n) is 3.91. The molecule has 2 aliphatic rings. The van der Waals surface area contributed by atoms with Crippen LogP contribution in [-0.2, 0) is 11.2 Å². The van der Waals surface area contributed by atoms with Gasteiger partial charge in [0, 0.05) is 36.5 Å². The van der Waals surface area contributed by atoms with E-state index >= 15 is 0 Å². The van der Waals surface area contributed by atoms with Gasteiger partial charge in [0.05, 0.1) is 11.7 Å². The number of hydrogen-bond acceptors (Lipinski definition) is 3. The maximum absolute atomic E-state index is 13.3. The SMILES string of the molecule is CCC(=O)N1CCc2cc(C(=O)N(C3CC3)C(C)c3ccccn3)ccc21. The molecule has 1 unspecified atom stereocenters. The van der Waals surface area contributed by atoms with Crippen molar-refractivity contribution in [2.24, 2.45) is 0 Å². The highest BCUT2D eigenvalue weighted by atomic mass is 16.2. The summed E-state index contributed by atoms with van der Waals surface area (Å²) in [5.41, 5.74) is 3.66. The van der Waals surface area contributed by atoms with E-state index in [9.17, 15) is 9.59 Å². The highest BCUT2D eigenvalue weighted by molar-refractivity contribution is 5.98. The Morgan fingerprint density at radius 3 is 2.74 bits per heavy atom. The summed E-state index contributed by atoms with van der Waals surface area (Å²) >= 11 is 0. The van der Waals surface area contributed by atoms with Gasteiger partial charge in [0.25, 0.3) is 5.91 Å². The minimum Gasteiger partial charge on any atom is -0.327 e. The summed E-state index contributed by atoms with van der Waals surface area (Å²) < 4.78 is 0. The van der Waals surface area contributed by atoms with E-state index in [1.54, 1.807) is 6.20 Å². The van der Waals surface area contributed by atoms with E-state index in [0.717, 1.165) is 36.2 Å². The average Bonchev–Trinajstić information content (AvgIpc) is 3.45. The molecule has 2 amide bonds. The summed E-state index contributed by atoms with van der Waals surface area (Å²) in [7, 11) is 0. The van der Waals surface area contributed by atoms with Crippen LogP contribution in [0.1, 0.15) is 60.8 Å². The van der Waals surface area contributed by atoms with Crippen LogP contribution in [0.5, 0.6) is 0 Å². The number of carbonyl (C=O) groups is 2. The van der Waals surface area contributed by atoms with Crippen LogP contribution in [0.4, 0.5) is 5.69 Å². The van der Waals surface area contributed by atoms with Crippen molar-refractivity contribution in [3.05, 3.63) is 59.4 Å². The van der Waals surface area contributed by atoms with Gasteiger partial charge in [-0.05, 0) is 62.1 Å². The molecule has 1 aromatic carbocycles. The van der Waals surface area contributed by atoms with Gasteiger partial charge in [-0.2, -0.15) is 0 Å². The Bertz CT molecular complexity index is 861. The molecule has 1 aliphatic carbocycles. The normalized spacial score (nSPS) is 16.7. The van der Waals surface area contributed by atoms with Crippen molar-refractivity contribution in [2.45, 2.75) is 51.6 Å². The zero-order chi connectivity index (χ0) is 19.0. The number of anilines is 1. The summed E-state index contributed by atoms with van der Waals surface area (Å²) in [5, 5.41) is 0. The molecule has 2 heterocycles. The first kappa shape index (κ1) is 17.7. The van der Waals surface area contributed by atoms with Crippen LogP contribution in [0, 0.1) is 0 Å². The van der Waals surface area contributed by atoms with E-state index in [4.69, 9.17) is 0 Å². The molecule has 0 bridgehead atoms. The molecule has 0 radical (unpaired) electrons. The number of nitrogens with zero attached hydrogens (tertiary/aromatic N) is 3. The van der Waals surface area contributed by atoms with E-state index in [-0.39, 0.29) is 17.9 Å². The summed E-state index contributed by atoms with van der Waals surface area (Å²) in [4.78, 5) is 33.7. The van der Waals surface area contributed by atoms with Crippen molar-refractivity contribution in [1.29, 1.82) is 0 Å². The first-order valence-electron chi connectivity index (χ1n) is 9.77. The number of fused-ring (bicyclic) bond motifs is 1. The fourth-order valence-corrected chi connectivity index (χ4v) is 3.91. The summed E-state index contributed by atoms with van der Waals surface area (Å²) in [6.45, 7) is 4.63. The Labute approximate surface area is 160 Å². The Balaban J connectivity index is 1.61. The molecule has 4 rings (SSSR count). The van der Waals surface area contributed by atoms with Gasteiger partial charge in [-0.1, -0.05) is 13.0 Å². The monoisotopic (exact) mass is 363 g/mol. The molecule has 1 aromatic heterocycles. The van der Waals surface area contributed by atoms with Crippen LogP contribution in [0.25, 0.3) is 0 Å². The number of aromatic nitrogens is 1. The predicted octanol–water partition coefficient (Wildman–Crippen LogP) is 3.75. The molecular weight excluding hydrogens is 338 g/mol. The van der Waals surface area contributed by atoms with Crippen LogP contribution >= 0.6 is 0 Å². The zero-order valence-corrected chi connectivity index (χ0v) is 15.9. The van der Waals surface area contributed by atoms with Crippen LogP contribution in [0.3, 0.4) is 0 Å². The molecule has 1 saturated carbocycles. The molecule has 0 saturated heterocycles. The van der Waals surface area contributed by atoms with Gasteiger partial charge in [-0.15, -0.1) is 0 Å². The standard InChI is InChI=1S/C22H25N3O2/c1-3-21(26)24-13-11-16-14-17(7-10-20(16)24)22(27)25(18-8-9-18)15(2)19-6-4-5-12-23-19/h4-7,10,12,14-15,18H,3,8-9,11,13H2,1-2H3. The van der Waals surface area contributed by atoms with E-state index in [1.807, 2.05) is 60.0 Å². The van der Waals surface area contributed by atoms with Crippen molar-refractivity contribution in [3.63, 3.8) is 0 Å². The third-order valence-corrected chi connectivity index (χ3v) is 5.53. The Hall–Kier alpha value is -2.69. The molecule has 140 valence electrons. The molecule has 5 heteroatoms. The largest absolute Gasteiger partial charge is 0.327 e. The second kappa shape index (κ2) is 7.14. The van der Waals surface area contributed by atoms with Crippen molar-refractivity contribution >= 4 is 17.5 Å². The lowest BCUT2D eigenvalue weighted by Gasteiger charge is -2.29. The van der Waals surface area contributed by atoms with Crippen LogP contribution < -0.4 is 4.90 Å². The van der Waals surface area contributed by atoms with E-state index in [0.29, 0.717) is 24.6 Å². The average molecular weight is 363 g/mol. The molecule has 0 spiro atoms. The second-order valence-electron chi connectivity index (χ2n) is 7.37. The van der Waals surface area contributed by atoms with Gasteiger partial charge in [-0.25, -0.2) is 0 Å². The van der Waals surface area contributed by atoms with Crippen LogP contribution in [0.15, 0.2) is 42.6 Å². The first-order chi connectivity index (χ1) is 13.1. The third kappa shape index (κ3) is 3.34. The van der Waals surface area contributed by atoms with Gasteiger partial charge < -0.3 is 9.80 Å². The highest BCUT2D eigenvalue weighted by Crippen LogP contribution is 2.36. The van der Waals surface area contributed by atoms with Crippen molar-refractivity contribution in [2.75, 3.05) is 11.4 Å². The third-order valence-electron chi connectivity index (χ3n) is 5.53. The number of rotatable bonds is 5. The summed E-state index contributed by atoms with van der Waals surface area (Å²) in [5.74, 6) is 0.190. The second-order valence-corrected chi connectivity index (χ2v) is 7.37. The molecule has 0 N–H and O–H groups in total. The zero-order valence-electron chi connectivity index (χ0n) is 15.9. The lowest BCUT2D eigenvalue weighted by atomic mass is 10.1. The fraction of sp³-hybridized carbons (Fsp3) is 0.409. The van der Waals surface area contributed by atoms with Crippen LogP contribution in [0.2, 0.25) is 0 Å². The van der Waals surface area contributed by atoms with Gasteiger partial charge in [0.15, 0.2) is 0 Å². The topological polar surface area (TPSA) is 53.5 Å². The maximum Gasteiger partial charge on any atom is 0.254 e. The molecule has 5 nitrogen and oxygen atoms in total. The van der Waals surface area contributed by atoms with E-state index < -0.39 is 0 Å². The maximum atomic E-state index is 13.3. The van der Waals surface area contributed by atoms with Crippen molar-refractivity contribution in [1.82, 2.24) is 9.88 Å². The number of hydrogen-bond donors (Lipinski definition) is 0. The molecule has 1 aliphatic heterocycles. The minimum absolute atomic E-state index is 0.0544. The molecule has 1 fully saturated rings. The Morgan fingerprint density at radius 1 is 1.26 bits per heavy atom. The molecular formula is C22H25N3O2.